The van der Waals surface area contributed by atoms with Crippen molar-refractivity contribution < 1.29 is 22.7 Å². The first-order valence-corrected chi connectivity index (χ1v) is 10.5. The van der Waals surface area contributed by atoms with Crippen molar-refractivity contribution in [2.24, 2.45) is 0 Å². The van der Waals surface area contributed by atoms with E-state index in [1.165, 1.54) is 30.3 Å². The Balaban J connectivity index is 2.10. The number of thiazole rings is 1. The van der Waals surface area contributed by atoms with E-state index in [1.54, 1.807) is 6.07 Å². The van der Waals surface area contributed by atoms with Crippen molar-refractivity contribution in [2.45, 2.75) is 15.5 Å². The van der Waals surface area contributed by atoms with Gasteiger partial charge in [-0.2, -0.15) is 0 Å². The molecule has 2 N–H and O–H groups in total. The highest BCUT2D eigenvalue weighted by Gasteiger charge is 2.28. The molecule has 0 atom stereocenters. The number of nitrogens with one attached hydrogen (secondary N) is 1. The molecule has 1 amide bonds. The third-order valence-electron chi connectivity index (χ3n) is 3.64. The first-order chi connectivity index (χ1) is 13.3. The Morgan fingerprint density at radius 1 is 1.25 bits per heavy atom. The van der Waals surface area contributed by atoms with E-state index < -0.39 is 21.7 Å². The van der Waals surface area contributed by atoms with Crippen LogP contribution in [0.2, 0.25) is 5.15 Å². The maximum absolute atomic E-state index is 14.3. The Hall–Kier alpha value is -2.56. The first-order valence-electron chi connectivity index (χ1n) is 7.87. The molecular weight excluding hydrogens is 429 g/mol. The summed E-state index contributed by atoms with van der Waals surface area (Å²) in [4.78, 5) is 18.6. The molecule has 146 valence electrons. The van der Waals surface area contributed by atoms with Crippen LogP contribution in [0, 0.1) is 5.82 Å². The van der Waals surface area contributed by atoms with Gasteiger partial charge in [0.15, 0.2) is 4.21 Å². The summed E-state index contributed by atoms with van der Waals surface area (Å²) in [7, 11) is -4.04. The van der Waals surface area contributed by atoms with Crippen molar-refractivity contribution >= 4 is 38.9 Å². The van der Waals surface area contributed by atoms with Crippen LogP contribution in [-0.2, 0) is 16.3 Å². The van der Waals surface area contributed by atoms with Crippen molar-refractivity contribution in [3.05, 3.63) is 58.6 Å². The summed E-state index contributed by atoms with van der Waals surface area (Å²) in [6.07, 6.45) is 0.0759. The van der Waals surface area contributed by atoms with Crippen molar-refractivity contribution in [1.82, 2.24) is 15.3 Å². The molecule has 0 saturated heterocycles. The maximum atomic E-state index is 14.3. The fourth-order valence-electron chi connectivity index (χ4n) is 2.37. The number of rotatable bonds is 6. The Bertz CT molecular complexity index is 1120. The number of hydrogen-bond acceptors (Lipinski definition) is 6. The van der Waals surface area contributed by atoms with E-state index in [1.807, 2.05) is 0 Å². The lowest BCUT2D eigenvalue weighted by Crippen LogP contribution is -2.23. The number of aromatic nitrogens is 2. The molecule has 1 aromatic carbocycles. The predicted octanol–water partition coefficient (Wildman–Crippen LogP) is 3.64. The zero-order valence-corrected chi connectivity index (χ0v) is 16.5. The minimum Gasteiger partial charge on any atom is -0.465 e. The van der Waals surface area contributed by atoms with Crippen molar-refractivity contribution in [1.29, 1.82) is 0 Å². The highest BCUT2D eigenvalue weighted by atomic mass is 35.5. The lowest BCUT2D eigenvalue weighted by Gasteiger charge is -2.05. The van der Waals surface area contributed by atoms with Crippen LogP contribution >= 0.6 is 22.9 Å². The number of nitrogens with zero attached hydrogens (tertiary/aromatic N) is 2. The van der Waals surface area contributed by atoms with E-state index >= 15 is 0 Å². The highest BCUT2D eigenvalue weighted by molar-refractivity contribution is 7.93. The number of amides is 1. The van der Waals surface area contributed by atoms with Crippen LogP contribution in [0.5, 0.6) is 0 Å². The van der Waals surface area contributed by atoms with E-state index in [0.29, 0.717) is 5.01 Å². The summed E-state index contributed by atoms with van der Waals surface area (Å²) >= 11 is 6.58. The second-order valence-electron chi connectivity index (χ2n) is 5.53. The molecule has 3 rings (SSSR count). The minimum atomic E-state index is -4.04. The fraction of sp³-hybridized carbons (Fsp3) is 0.118. The standard InChI is InChI=1S/C17H13ClFN3O4S2/c18-13-6-5-10(9-21-13)28(25,26)16-15(11-3-1-2-4-12(11)19)22-14(27-16)7-8-20-17(23)24/h1-6,9,20H,7-8H2,(H,23,24). The molecule has 11 heteroatoms. The summed E-state index contributed by atoms with van der Waals surface area (Å²) in [6, 6.07) is 8.35. The van der Waals surface area contributed by atoms with Gasteiger partial charge in [0.1, 0.15) is 16.7 Å². The molecule has 3 aromatic rings. The van der Waals surface area contributed by atoms with Gasteiger partial charge in [0, 0.05) is 24.7 Å². The quantitative estimate of drug-likeness (QED) is 0.565. The molecule has 0 aliphatic heterocycles. The number of carboxylic acid groups (broad SMARTS) is 1. The average molecular weight is 442 g/mol. The van der Waals surface area contributed by atoms with Crippen LogP contribution in [0.3, 0.4) is 0 Å². The largest absolute Gasteiger partial charge is 0.465 e. The molecule has 2 aromatic heterocycles. The van der Waals surface area contributed by atoms with E-state index in [2.05, 4.69) is 15.3 Å². The SMILES string of the molecule is O=C(O)NCCc1nc(-c2ccccc2F)c(S(=O)(=O)c2ccc(Cl)nc2)s1. The second-order valence-corrected chi connectivity index (χ2v) is 9.14. The minimum absolute atomic E-state index is 0.0247. The van der Waals surface area contributed by atoms with Crippen LogP contribution in [-0.4, -0.2) is 36.1 Å². The van der Waals surface area contributed by atoms with Gasteiger partial charge in [-0.3, -0.25) is 0 Å². The van der Waals surface area contributed by atoms with E-state index in [0.717, 1.165) is 17.5 Å². The summed E-state index contributed by atoms with van der Waals surface area (Å²) < 4.78 is 40.4. The van der Waals surface area contributed by atoms with Gasteiger partial charge in [-0.05, 0) is 24.3 Å². The third-order valence-corrected chi connectivity index (χ3v) is 7.22. The molecule has 0 aliphatic rings. The Kier molecular flexibility index (Phi) is 5.92. The molecule has 0 saturated carbocycles. The molecule has 0 unspecified atom stereocenters. The van der Waals surface area contributed by atoms with Gasteiger partial charge in [-0.25, -0.2) is 27.6 Å². The van der Waals surface area contributed by atoms with Gasteiger partial charge < -0.3 is 10.4 Å². The van der Waals surface area contributed by atoms with Crippen LogP contribution in [0.15, 0.2) is 51.7 Å². The Labute approximate surface area is 168 Å². The van der Waals surface area contributed by atoms with Gasteiger partial charge in [0.25, 0.3) is 0 Å². The number of halogens is 2. The molecule has 0 spiro atoms. The van der Waals surface area contributed by atoms with Crippen LogP contribution < -0.4 is 5.32 Å². The molecule has 2 heterocycles. The molecule has 0 bridgehead atoms. The average Bonchev–Trinajstić information content (AvgIpc) is 3.07. The summed E-state index contributed by atoms with van der Waals surface area (Å²) in [5, 5.41) is 11.4. The number of benzene rings is 1. The lowest BCUT2D eigenvalue weighted by molar-refractivity contribution is 0.194. The molecule has 28 heavy (non-hydrogen) atoms. The van der Waals surface area contributed by atoms with Crippen molar-refractivity contribution in [3.63, 3.8) is 0 Å². The second kappa shape index (κ2) is 8.21. The molecule has 7 nitrogen and oxygen atoms in total. The number of hydrogen-bond donors (Lipinski definition) is 2. The van der Waals surface area contributed by atoms with Gasteiger partial charge in [0.2, 0.25) is 9.84 Å². The molecule has 0 fully saturated rings. The summed E-state index contributed by atoms with van der Waals surface area (Å²) in [6.45, 7) is 0.0432. The van der Waals surface area contributed by atoms with Gasteiger partial charge in [-0.15, -0.1) is 11.3 Å². The predicted molar refractivity (Wildman–Crippen MR) is 102 cm³/mol. The van der Waals surface area contributed by atoms with Gasteiger partial charge in [0.05, 0.1) is 9.90 Å². The molecule has 0 aliphatic carbocycles. The zero-order valence-electron chi connectivity index (χ0n) is 14.1. The summed E-state index contributed by atoms with van der Waals surface area (Å²) in [5.41, 5.74) is 0.0140. The highest BCUT2D eigenvalue weighted by Crippen LogP contribution is 2.37. The Morgan fingerprint density at radius 2 is 2.00 bits per heavy atom. The number of carbonyl (C=O) groups is 1. The maximum Gasteiger partial charge on any atom is 0.404 e. The fourth-order valence-corrected chi connectivity index (χ4v) is 5.36. The van der Waals surface area contributed by atoms with Crippen LogP contribution in [0.4, 0.5) is 9.18 Å². The van der Waals surface area contributed by atoms with Crippen molar-refractivity contribution in [3.8, 4) is 11.3 Å². The number of pyridine rings is 1. The van der Waals surface area contributed by atoms with E-state index in [9.17, 15) is 17.6 Å². The monoisotopic (exact) mass is 441 g/mol. The topological polar surface area (TPSA) is 109 Å². The van der Waals surface area contributed by atoms with E-state index in [4.69, 9.17) is 16.7 Å². The van der Waals surface area contributed by atoms with Crippen molar-refractivity contribution in [2.75, 3.05) is 6.54 Å². The third kappa shape index (κ3) is 4.29. The van der Waals surface area contributed by atoms with Crippen LogP contribution in [0.1, 0.15) is 5.01 Å². The van der Waals surface area contributed by atoms with Gasteiger partial charge in [-0.1, -0.05) is 23.7 Å². The molecule has 0 radical (unpaired) electrons. The normalized spacial score (nSPS) is 11.4. The zero-order chi connectivity index (χ0) is 20.3. The number of sulfone groups is 1. The van der Waals surface area contributed by atoms with E-state index in [-0.39, 0.29) is 38.5 Å². The summed E-state index contributed by atoms with van der Waals surface area (Å²) in [5.74, 6) is -0.617. The molecular formula is C17H13ClFN3O4S2. The Morgan fingerprint density at radius 3 is 2.64 bits per heavy atom. The lowest BCUT2D eigenvalue weighted by atomic mass is 10.1. The van der Waals surface area contributed by atoms with Gasteiger partial charge >= 0.3 is 6.09 Å². The van der Waals surface area contributed by atoms with Crippen LogP contribution in [0.25, 0.3) is 11.3 Å². The smallest absolute Gasteiger partial charge is 0.404 e. The first kappa shape index (κ1) is 20.2.